The molecule has 1 unspecified atom stereocenters. The Balaban J connectivity index is 2.35. The molecular weight excluding hydrogens is 344 g/mol. The molecule has 0 bridgehead atoms. The lowest BCUT2D eigenvalue weighted by atomic mass is 9.70. The van der Waals surface area contributed by atoms with Crippen LogP contribution in [-0.4, -0.2) is 10.2 Å². The molecule has 0 saturated carbocycles. The number of phenols is 2. The Hall–Kier alpha value is -1.96. The summed E-state index contributed by atoms with van der Waals surface area (Å²) < 4.78 is 0. The van der Waals surface area contributed by atoms with Crippen molar-refractivity contribution in [2.45, 2.75) is 90.4 Å². The molecule has 0 saturated heterocycles. The molecule has 0 amide bonds. The van der Waals surface area contributed by atoms with Crippen LogP contribution in [0.4, 0.5) is 0 Å². The van der Waals surface area contributed by atoms with E-state index in [1.165, 1.54) is 16.7 Å². The van der Waals surface area contributed by atoms with Crippen molar-refractivity contribution in [1.82, 2.24) is 0 Å². The third kappa shape index (κ3) is 3.21. The van der Waals surface area contributed by atoms with Gasteiger partial charge in [0.2, 0.25) is 0 Å². The summed E-state index contributed by atoms with van der Waals surface area (Å²) in [7, 11) is 0. The number of aromatic hydroxyl groups is 2. The average molecular weight is 381 g/mol. The summed E-state index contributed by atoms with van der Waals surface area (Å²) in [6, 6.07) is 10.2. The Morgan fingerprint density at radius 1 is 0.750 bits per heavy atom. The largest absolute Gasteiger partial charge is 0.508 e. The zero-order valence-electron chi connectivity index (χ0n) is 19.0. The minimum absolute atomic E-state index is 0.0272. The van der Waals surface area contributed by atoms with E-state index < -0.39 is 0 Å². The first-order valence-electron chi connectivity index (χ1n) is 10.3. The monoisotopic (exact) mass is 380 g/mol. The minimum Gasteiger partial charge on any atom is -0.508 e. The van der Waals surface area contributed by atoms with Crippen LogP contribution in [0.3, 0.4) is 0 Å². The highest BCUT2D eigenvalue weighted by Gasteiger charge is 2.46. The molecule has 152 valence electrons. The van der Waals surface area contributed by atoms with Crippen LogP contribution in [0.2, 0.25) is 0 Å². The number of benzene rings is 2. The molecule has 3 rings (SSSR count). The lowest BCUT2D eigenvalue weighted by Crippen LogP contribution is -2.26. The third-order valence-corrected chi connectivity index (χ3v) is 6.49. The Morgan fingerprint density at radius 2 is 1.25 bits per heavy atom. The van der Waals surface area contributed by atoms with Crippen molar-refractivity contribution in [3.05, 3.63) is 58.1 Å². The van der Waals surface area contributed by atoms with E-state index in [0.29, 0.717) is 11.5 Å². The number of fused-ring (bicyclic) bond motifs is 1. The van der Waals surface area contributed by atoms with E-state index in [1.54, 1.807) is 6.07 Å². The number of hydrogen-bond donors (Lipinski definition) is 2. The highest BCUT2D eigenvalue weighted by Crippen LogP contribution is 2.55. The third-order valence-electron chi connectivity index (χ3n) is 6.49. The second-order valence-electron chi connectivity index (χ2n) is 11.5. The Kier molecular flexibility index (Phi) is 4.46. The molecule has 0 aliphatic heterocycles. The van der Waals surface area contributed by atoms with Gasteiger partial charge in [-0.15, -0.1) is 0 Å². The van der Waals surface area contributed by atoms with E-state index in [4.69, 9.17) is 0 Å². The van der Waals surface area contributed by atoms with E-state index in [1.807, 2.05) is 6.07 Å². The van der Waals surface area contributed by atoms with Crippen LogP contribution in [0.5, 0.6) is 11.5 Å². The van der Waals surface area contributed by atoms with Crippen molar-refractivity contribution >= 4 is 0 Å². The highest BCUT2D eigenvalue weighted by atomic mass is 16.3. The fourth-order valence-corrected chi connectivity index (χ4v) is 5.01. The van der Waals surface area contributed by atoms with Gasteiger partial charge in [0, 0.05) is 5.41 Å². The van der Waals surface area contributed by atoms with Gasteiger partial charge in [-0.05, 0) is 62.6 Å². The maximum absolute atomic E-state index is 11.1. The number of phenolic OH excluding ortho intramolecular Hbond substituents is 2. The summed E-state index contributed by atoms with van der Waals surface area (Å²) in [6.45, 7) is 19.8. The van der Waals surface area contributed by atoms with Gasteiger partial charge in [-0.1, -0.05) is 80.5 Å². The summed E-state index contributed by atoms with van der Waals surface area (Å²) in [6.07, 6.45) is 0.969. The maximum atomic E-state index is 11.1. The number of hydrogen-bond acceptors (Lipinski definition) is 2. The highest BCUT2D eigenvalue weighted by molar-refractivity contribution is 5.58. The van der Waals surface area contributed by atoms with Crippen LogP contribution in [-0.2, 0) is 21.7 Å². The normalized spacial score (nSPS) is 21.6. The molecule has 2 nitrogen and oxygen atoms in total. The minimum atomic E-state index is -0.217. The Labute approximate surface area is 170 Å². The quantitative estimate of drug-likeness (QED) is 0.579. The zero-order valence-corrected chi connectivity index (χ0v) is 19.0. The van der Waals surface area contributed by atoms with Crippen LogP contribution in [0.15, 0.2) is 30.3 Å². The summed E-state index contributed by atoms with van der Waals surface area (Å²) in [5, 5.41) is 21.3. The first-order chi connectivity index (χ1) is 12.6. The average Bonchev–Trinajstić information content (AvgIpc) is 2.71. The molecular formula is C26H36O2. The molecule has 0 radical (unpaired) electrons. The van der Waals surface area contributed by atoms with Gasteiger partial charge in [-0.25, -0.2) is 0 Å². The van der Waals surface area contributed by atoms with Gasteiger partial charge in [0.25, 0.3) is 0 Å². The first-order valence-corrected chi connectivity index (χ1v) is 10.3. The van der Waals surface area contributed by atoms with Crippen LogP contribution in [0.25, 0.3) is 0 Å². The molecule has 0 heterocycles. The fraction of sp³-hybridized carbons (Fsp3) is 0.538. The molecule has 0 aromatic heterocycles. The Morgan fingerprint density at radius 3 is 1.71 bits per heavy atom. The van der Waals surface area contributed by atoms with Crippen molar-refractivity contribution < 1.29 is 10.2 Å². The van der Waals surface area contributed by atoms with Crippen LogP contribution in [0, 0.1) is 0 Å². The summed E-state index contributed by atoms with van der Waals surface area (Å²) in [4.78, 5) is 0. The van der Waals surface area contributed by atoms with Gasteiger partial charge in [0.1, 0.15) is 11.5 Å². The second-order valence-corrected chi connectivity index (χ2v) is 11.5. The van der Waals surface area contributed by atoms with E-state index >= 15 is 0 Å². The van der Waals surface area contributed by atoms with Crippen molar-refractivity contribution in [1.29, 1.82) is 0 Å². The smallest absolute Gasteiger partial charge is 0.123 e. The molecule has 1 atom stereocenters. The fourth-order valence-electron chi connectivity index (χ4n) is 5.01. The van der Waals surface area contributed by atoms with Crippen molar-refractivity contribution in [3.8, 4) is 11.5 Å². The van der Waals surface area contributed by atoms with Gasteiger partial charge >= 0.3 is 0 Å². The van der Waals surface area contributed by atoms with Crippen molar-refractivity contribution in [2.24, 2.45) is 0 Å². The molecule has 2 aromatic rings. The first kappa shape index (κ1) is 20.8. The molecule has 1 aliphatic carbocycles. The predicted molar refractivity (Wildman–Crippen MR) is 118 cm³/mol. The van der Waals surface area contributed by atoms with Crippen LogP contribution in [0.1, 0.15) is 96.6 Å². The molecule has 2 N–H and O–H groups in total. The lowest BCUT2D eigenvalue weighted by molar-refractivity contribution is 0.409. The molecule has 0 spiro atoms. The lowest BCUT2D eigenvalue weighted by Gasteiger charge is -2.34. The van der Waals surface area contributed by atoms with Gasteiger partial charge in [0.15, 0.2) is 0 Å². The summed E-state index contributed by atoms with van der Waals surface area (Å²) >= 11 is 0. The van der Waals surface area contributed by atoms with Crippen LogP contribution < -0.4 is 0 Å². The van der Waals surface area contributed by atoms with E-state index in [0.717, 1.165) is 17.5 Å². The van der Waals surface area contributed by atoms with Crippen LogP contribution >= 0.6 is 0 Å². The molecule has 2 aromatic carbocycles. The SMILES string of the molecule is CC(C)(C)c1cc(C2(C)CC(C)(C)c3ccc(O)cc32)cc(C(C)(C)C)c1O. The van der Waals surface area contributed by atoms with E-state index in [-0.39, 0.29) is 21.7 Å². The van der Waals surface area contributed by atoms with Gasteiger partial charge in [-0.2, -0.15) is 0 Å². The molecule has 0 fully saturated rings. The summed E-state index contributed by atoms with van der Waals surface area (Å²) in [5.74, 6) is 0.731. The number of rotatable bonds is 1. The second kappa shape index (κ2) is 6.02. The maximum Gasteiger partial charge on any atom is 0.123 e. The summed E-state index contributed by atoms with van der Waals surface area (Å²) in [5.41, 5.74) is 5.18. The van der Waals surface area contributed by atoms with Gasteiger partial charge in [0.05, 0.1) is 0 Å². The molecule has 2 heteroatoms. The Bertz CT molecular complexity index is 887. The van der Waals surface area contributed by atoms with E-state index in [9.17, 15) is 10.2 Å². The predicted octanol–water partition coefficient (Wildman–Crippen LogP) is 6.68. The zero-order chi connectivity index (χ0) is 21.3. The van der Waals surface area contributed by atoms with Gasteiger partial charge in [-0.3, -0.25) is 0 Å². The standard InChI is InChI=1S/C26H36O2/c1-23(2,3)20-12-16(13-21(22(20)28)24(4,5)6)26(9)15-25(7,8)18-11-10-17(27)14-19(18)26/h10-14,27-28H,15H2,1-9H3. The van der Waals surface area contributed by atoms with Crippen molar-refractivity contribution in [2.75, 3.05) is 0 Å². The topological polar surface area (TPSA) is 40.5 Å². The van der Waals surface area contributed by atoms with Crippen molar-refractivity contribution in [3.63, 3.8) is 0 Å². The molecule has 1 aliphatic rings. The van der Waals surface area contributed by atoms with E-state index in [2.05, 4.69) is 80.5 Å². The molecule has 28 heavy (non-hydrogen) atoms. The van der Waals surface area contributed by atoms with Gasteiger partial charge < -0.3 is 10.2 Å².